The van der Waals surface area contributed by atoms with Crippen molar-refractivity contribution in [3.63, 3.8) is 0 Å². The second-order valence-electron chi connectivity index (χ2n) is 5.59. The van der Waals surface area contributed by atoms with E-state index >= 15 is 0 Å². The number of nitrogens with one attached hydrogen (secondary N) is 1. The number of aryl methyl sites for hydroxylation is 1. The number of rotatable bonds is 6. The number of aromatic nitrogens is 2. The summed E-state index contributed by atoms with van der Waals surface area (Å²) in [5.41, 5.74) is 6.54. The van der Waals surface area contributed by atoms with Crippen molar-refractivity contribution in [3.8, 4) is 0 Å². The van der Waals surface area contributed by atoms with Gasteiger partial charge in [-0.3, -0.25) is 14.8 Å². The van der Waals surface area contributed by atoms with Crippen molar-refractivity contribution >= 4 is 5.91 Å². The van der Waals surface area contributed by atoms with Crippen molar-refractivity contribution < 1.29 is 4.79 Å². The first kappa shape index (κ1) is 15.3. The Morgan fingerprint density at radius 3 is 2.48 bits per heavy atom. The summed E-state index contributed by atoms with van der Waals surface area (Å²) in [5.74, 6) is -0.407. The highest BCUT2D eigenvalue weighted by molar-refractivity contribution is 5.86. The SMILES string of the molecule is Cc1ccn(CC(NC(C)C)(C(N)=O)c2ccccc2)n1. The molecule has 0 aliphatic rings. The molecule has 5 nitrogen and oxygen atoms in total. The molecule has 0 fully saturated rings. The Kier molecular flexibility index (Phi) is 4.43. The Balaban J connectivity index is 2.48. The first-order chi connectivity index (χ1) is 9.94. The average molecular weight is 286 g/mol. The number of primary amides is 1. The maximum Gasteiger partial charge on any atom is 0.244 e. The third-order valence-corrected chi connectivity index (χ3v) is 3.40. The van der Waals surface area contributed by atoms with Crippen LogP contribution < -0.4 is 11.1 Å². The van der Waals surface area contributed by atoms with Crippen molar-refractivity contribution in [1.82, 2.24) is 15.1 Å². The Morgan fingerprint density at radius 1 is 1.33 bits per heavy atom. The predicted octanol–water partition coefficient (Wildman–Crippen LogP) is 1.57. The molecule has 0 aliphatic heterocycles. The van der Waals surface area contributed by atoms with Gasteiger partial charge in [-0.25, -0.2) is 0 Å². The van der Waals surface area contributed by atoms with Crippen molar-refractivity contribution in [2.45, 2.75) is 38.9 Å². The Bertz CT molecular complexity index is 606. The normalized spacial score (nSPS) is 14.1. The molecular weight excluding hydrogens is 264 g/mol. The third-order valence-electron chi connectivity index (χ3n) is 3.40. The van der Waals surface area contributed by atoms with Gasteiger partial charge in [-0.05, 0) is 32.4 Å². The lowest BCUT2D eigenvalue weighted by atomic mass is 9.88. The van der Waals surface area contributed by atoms with Crippen molar-refractivity contribution in [2.24, 2.45) is 5.73 Å². The average Bonchev–Trinajstić information content (AvgIpc) is 2.83. The first-order valence-corrected chi connectivity index (χ1v) is 7.07. The number of nitrogens with two attached hydrogens (primary N) is 1. The maximum absolute atomic E-state index is 12.3. The summed E-state index contributed by atoms with van der Waals surface area (Å²) in [6.45, 7) is 6.27. The molecule has 1 heterocycles. The molecule has 0 aliphatic carbocycles. The van der Waals surface area contributed by atoms with Crippen molar-refractivity contribution in [1.29, 1.82) is 0 Å². The minimum atomic E-state index is -0.978. The minimum Gasteiger partial charge on any atom is -0.368 e. The maximum atomic E-state index is 12.3. The van der Waals surface area contributed by atoms with Crippen LogP contribution in [0.5, 0.6) is 0 Å². The summed E-state index contributed by atoms with van der Waals surface area (Å²) < 4.78 is 1.75. The lowest BCUT2D eigenvalue weighted by Crippen LogP contribution is -2.57. The van der Waals surface area contributed by atoms with Crippen molar-refractivity contribution in [2.75, 3.05) is 0 Å². The second kappa shape index (κ2) is 6.10. The Labute approximate surface area is 125 Å². The smallest absolute Gasteiger partial charge is 0.244 e. The first-order valence-electron chi connectivity index (χ1n) is 7.07. The Morgan fingerprint density at radius 2 is 2.00 bits per heavy atom. The van der Waals surface area contributed by atoms with Crippen LogP contribution in [-0.2, 0) is 16.9 Å². The molecule has 0 radical (unpaired) electrons. The van der Waals surface area contributed by atoms with Crippen LogP contribution in [0.15, 0.2) is 42.6 Å². The number of benzene rings is 1. The zero-order valence-electron chi connectivity index (χ0n) is 12.7. The third kappa shape index (κ3) is 3.31. The summed E-state index contributed by atoms with van der Waals surface area (Å²) in [6.07, 6.45) is 1.86. The van der Waals surface area contributed by atoms with Gasteiger partial charge in [0.15, 0.2) is 0 Å². The number of carbonyl (C=O) groups excluding carboxylic acids is 1. The molecular formula is C16H22N4O. The number of amides is 1. The van der Waals surface area contributed by atoms with Gasteiger partial charge in [0.25, 0.3) is 0 Å². The van der Waals surface area contributed by atoms with Crippen LogP contribution in [0.1, 0.15) is 25.1 Å². The molecule has 5 heteroatoms. The molecule has 1 aromatic carbocycles. The van der Waals surface area contributed by atoms with Crippen LogP contribution in [-0.4, -0.2) is 21.7 Å². The van der Waals surface area contributed by atoms with E-state index < -0.39 is 11.4 Å². The summed E-state index contributed by atoms with van der Waals surface area (Å²) in [4.78, 5) is 12.3. The van der Waals surface area contributed by atoms with Gasteiger partial charge in [0.05, 0.1) is 12.2 Å². The van der Waals surface area contributed by atoms with E-state index in [1.807, 2.05) is 63.4 Å². The highest BCUT2D eigenvalue weighted by atomic mass is 16.1. The minimum absolute atomic E-state index is 0.106. The highest BCUT2D eigenvalue weighted by Crippen LogP contribution is 2.24. The van der Waals surface area contributed by atoms with Crippen LogP contribution in [0.2, 0.25) is 0 Å². The summed E-state index contributed by atoms with van der Waals surface area (Å²) >= 11 is 0. The van der Waals surface area contributed by atoms with E-state index in [1.54, 1.807) is 4.68 Å². The molecule has 0 saturated heterocycles. The van der Waals surface area contributed by atoms with Gasteiger partial charge in [-0.15, -0.1) is 0 Å². The molecule has 1 amide bonds. The summed E-state index contributed by atoms with van der Waals surface area (Å²) in [7, 11) is 0. The standard InChI is InChI=1S/C16H22N4O/c1-12(2)18-16(15(17)21,14-7-5-4-6-8-14)11-20-10-9-13(3)19-20/h4-10,12,18H,11H2,1-3H3,(H2,17,21). The largest absolute Gasteiger partial charge is 0.368 e. The van der Waals surface area contributed by atoms with E-state index in [-0.39, 0.29) is 6.04 Å². The number of carbonyl (C=O) groups is 1. The molecule has 112 valence electrons. The lowest BCUT2D eigenvalue weighted by molar-refractivity contribution is -0.126. The summed E-state index contributed by atoms with van der Waals surface area (Å²) in [6, 6.07) is 11.6. The predicted molar refractivity (Wildman–Crippen MR) is 82.6 cm³/mol. The van der Waals surface area contributed by atoms with Gasteiger partial charge in [0.2, 0.25) is 5.91 Å². The van der Waals surface area contributed by atoms with E-state index in [1.165, 1.54) is 0 Å². The van der Waals surface area contributed by atoms with Crippen LogP contribution >= 0.6 is 0 Å². The summed E-state index contributed by atoms with van der Waals surface area (Å²) in [5, 5.41) is 7.71. The highest BCUT2D eigenvalue weighted by Gasteiger charge is 2.39. The Hall–Kier alpha value is -2.14. The van der Waals surface area contributed by atoms with Gasteiger partial charge in [0, 0.05) is 12.2 Å². The second-order valence-corrected chi connectivity index (χ2v) is 5.59. The molecule has 0 spiro atoms. The van der Waals surface area contributed by atoms with Crippen molar-refractivity contribution in [3.05, 3.63) is 53.9 Å². The molecule has 0 saturated carbocycles. The van der Waals surface area contributed by atoms with E-state index in [0.717, 1.165) is 11.3 Å². The monoisotopic (exact) mass is 286 g/mol. The molecule has 2 aromatic rings. The van der Waals surface area contributed by atoms with Crippen LogP contribution in [0.4, 0.5) is 0 Å². The fourth-order valence-electron chi connectivity index (χ4n) is 2.52. The number of hydrogen-bond donors (Lipinski definition) is 2. The number of nitrogens with zero attached hydrogens (tertiary/aromatic N) is 2. The van der Waals surface area contributed by atoms with Gasteiger partial charge in [-0.2, -0.15) is 5.10 Å². The lowest BCUT2D eigenvalue weighted by Gasteiger charge is -2.34. The van der Waals surface area contributed by atoms with E-state index in [0.29, 0.717) is 6.54 Å². The molecule has 3 N–H and O–H groups in total. The molecule has 1 aromatic heterocycles. The molecule has 0 bridgehead atoms. The molecule has 2 rings (SSSR count). The van der Waals surface area contributed by atoms with Crippen LogP contribution in [0, 0.1) is 6.92 Å². The van der Waals surface area contributed by atoms with E-state index in [4.69, 9.17) is 5.73 Å². The quantitative estimate of drug-likeness (QED) is 0.846. The van der Waals surface area contributed by atoms with Gasteiger partial charge in [-0.1, -0.05) is 30.3 Å². The zero-order chi connectivity index (χ0) is 15.5. The fraction of sp³-hybridized carbons (Fsp3) is 0.375. The van der Waals surface area contributed by atoms with Crippen LogP contribution in [0.25, 0.3) is 0 Å². The van der Waals surface area contributed by atoms with Crippen LogP contribution in [0.3, 0.4) is 0 Å². The van der Waals surface area contributed by atoms with E-state index in [2.05, 4.69) is 10.4 Å². The molecule has 1 unspecified atom stereocenters. The molecule has 21 heavy (non-hydrogen) atoms. The topological polar surface area (TPSA) is 72.9 Å². The number of hydrogen-bond acceptors (Lipinski definition) is 3. The zero-order valence-corrected chi connectivity index (χ0v) is 12.7. The van der Waals surface area contributed by atoms with Gasteiger partial charge < -0.3 is 5.73 Å². The fourth-order valence-corrected chi connectivity index (χ4v) is 2.52. The van der Waals surface area contributed by atoms with Gasteiger partial charge >= 0.3 is 0 Å². The molecule has 1 atom stereocenters. The van der Waals surface area contributed by atoms with E-state index in [9.17, 15) is 4.79 Å². The van der Waals surface area contributed by atoms with Gasteiger partial charge in [0.1, 0.15) is 5.54 Å².